The van der Waals surface area contributed by atoms with Crippen molar-refractivity contribution in [2.24, 2.45) is 11.8 Å². The Kier molecular flexibility index (Phi) is 6.21. The fourth-order valence-electron chi connectivity index (χ4n) is 2.97. The minimum Gasteiger partial charge on any atom is -0.493 e. The summed E-state index contributed by atoms with van der Waals surface area (Å²) in [7, 11) is 0. The van der Waals surface area contributed by atoms with Crippen LogP contribution in [-0.4, -0.2) is 12.4 Å². The van der Waals surface area contributed by atoms with Crippen LogP contribution in [0, 0.1) is 17.7 Å². The summed E-state index contributed by atoms with van der Waals surface area (Å²) < 4.78 is 18.5. The lowest BCUT2D eigenvalue weighted by Crippen LogP contribution is -2.20. The molecule has 1 aliphatic rings. The van der Waals surface area contributed by atoms with E-state index in [4.69, 9.17) is 4.74 Å². The van der Waals surface area contributed by atoms with Gasteiger partial charge in [-0.05, 0) is 55.4 Å². The molecule has 1 aliphatic carbocycles. The number of hydrogen-bond donors (Lipinski definition) is 0. The van der Waals surface area contributed by atoms with Crippen molar-refractivity contribution in [1.29, 1.82) is 0 Å². The number of Topliss-reactive ketones (excluding diaryl/α,β-unsaturated/α-hetero) is 1. The lowest BCUT2D eigenvalue weighted by atomic mass is 9.80. The van der Waals surface area contributed by atoms with Crippen molar-refractivity contribution in [3.63, 3.8) is 0 Å². The first-order valence-electron chi connectivity index (χ1n) is 8.07. The molecule has 0 saturated heterocycles. The number of rotatable bonds is 7. The number of halogens is 1. The largest absolute Gasteiger partial charge is 0.493 e. The Morgan fingerprint density at radius 2 is 1.76 bits per heavy atom. The van der Waals surface area contributed by atoms with Gasteiger partial charge in [0.2, 0.25) is 0 Å². The molecule has 0 aliphatic heterocycles. The monoisotopic (exact) mass is 292 g/mol. The van der Waals surface area contributed by atoms with Gasteiger partial charge in [0, 0.05) is 12.8 Å². The molecule has 1 aromatic rings. The third kappa shape index (κ3) is 5.49. The van der Waals surface area contributed by atoms with Crippen LogP contribution in [0.2, 0.25) is 0 Å². The molecule has 0 amide bonds. The second kappa shape index (κ2) is 8.16. The van der Waals surface area contributed by atoms with Crippen LogP contribution in [0.4, 0.5) is 4.39 Å². The zero-order valence-electron chi connectivity index (χ0n) is 12.8. The zero-order chi connectivity index (χ0) is 15.1. The van der Waals surface area contributed by atoms with Gasteiger partial charge in [0.1, 0.15) is 17.3 Å². The van der Waals surface area contributed by atoms with E-state index < -0.39 is 0 Å². The number of hydrogen-bond acceptors (Lipinski definition) is 2. The lowest BCUT2D eigenvalue weighted by molar-refractivity contribution is -0.119. The second-order valence-electron chi connectivity index (χ2n) is 6.08. The highest BCUT2D eigenvalue weighted by molar-refractivity contribution is 5.77. The van der Waals surface area contributed by atoms with E-state index in [1.54, 1.807) is 12.1 Å². The van der Waals surface area contributed by atoms with Gasteiger partial charge in [0.25, 0.3) is 0 Å². The van der Waals surface area contributed by atoms with Gasteiger partial charge in [0.15, 0.2) is 0 Å². The highest BCUT2D eigenvalue weighted by atomic mass is 19.1. The molecule has 2 nitrogen and oxygen atoms in total. The van der Waals surface area contributed by atoms with E-state index in [-0.39, 0.29) is 5.82 Å². The lowest BCUT2D eigenvalue weighted by Gasteiger charge is -2.28. The summed E-state index contributed by atoms with van der Waals surface area (Å²) in [5.41, 5.74) is 0. The van der Waals surface area contributed by atoms with Crippen molar-refractivity contribution < 1.29 is 13.9 Å². The number of ether oxygens (including phenoxy) is 1. The van der Waals surface area contributed by atoms with Crippen molar-refractivity contribution in [3.05, 3.63) is 30.1 Å². The molecule has 1 aromatic carbocycles. The maximum Gasteiger partial charge on any atom is 0.132 e. The maximum atomic E-state index is 12.8. The molecule has 0 aromatic heterocycles. The summed E-state index contributed by atoms with van der Waals surface area (Å²) in [6.07, 6.45) is 7.22. The first kappa shape index (κ1) is 16.0. The predicted octanol–water partition coefficient (Wildman–Crippen LogP) is 4.77. The van der Waals surface area contributed by atoms with Gasteiger partial charge in [0.05, 0.1) is 6.61 Å². The third-order valence-corrected chi connectivity index (χ3v) is 4.49. The maximum absolute atomic E-state index is 12.8. The third-order valence-electron chi connectivity index (χ3n) is 4.49. The molecular formula is C18H25FO2. The van der Waals surface area contributed by atoms with Gasteiger partial charge >= 0.3 is 0 Å². The minimum absolute atomic E-state index is 0.232. The number of ketones is 1. The summed E-state index contributed by atoms with van der Waals surface area (Å²) in [6.45, 7) is 2.65. The normalized spacial score (nSPS) is 22.0. The summed E-state index contributed by atoms with van der Waals surface area (Å²) in [5, 5.41) is 0. The average Bonchev–Trinajstić information content (AvgIpc) is 2.53. The summed E-state index contributed by atoms with van der Waals surface area (Å²) in [6, 6.07) is 6.21. The smallest absolute Gasteiger partial charge is 0.132 e. The predicted molar refractivity (Wildman–Crippen MR) is 81.9 cm³/mol. The molecule has 0 unspecified atom stereocenters. The molecule has 2 rings (SSSR count). The first-order chi connectivity index (χ1) is 10.2. The Morgan fingerprint density at radius 1 is 1.14 bits per heavy atom. The fraction of sp³-hybridized carbons (Fsp3) is 0.611. The second-order valence-corrected chi connectivity index (χ2v) is 6.08. The van der Waals surface area contributed by atoms with Crippen LogP contribution in [0.5, 0.6) is 5.75 Å². The van der Waals surface area contributed by atoms with E-state index in [9.17, 15) is 9.18 Å². The fourth-order valence-corrected chi connectivity index (χ4v) is 2.97. The van der Waals surface area contributed by atoms with Gasteiger partial charge < -0.3 is 4.74 Å². The van der Waals surface area contributed by atoms with Crippen LogP contribution < -0.4 is 4.74 Å². The SMILES string of the molecule is CCC(=O)CC[C@H]1CC[C@H](COc2ccc(F)cc2)CC1. The molecule has 0 N–H and O–H groups in total. The molecule has 0 bridgehead atoms. The van der Waals surface area contributed by atoms with E-state index in [0.717, 1.165) is 18.6 Å². The van der Waals surface area contributed by atoms with Gasteiger partial charge in [-0.25, -0.2) is 4.39 Å². The topological polar surface area (TPSA) is 26.3 Å². The Bertz CT molecular complexity index is 433. The molecule has 3 heteroatoms. The minimum atomic E-state index is -0.232. The van der Waals surface area contributed by atoms with E-state index in [0.29, 0.717) is 30.6 Å². The van der Waals surface area contributed by atoms with Gasteiger partial charge in [-0.15, -0.1) is 0 Å². The van der Waals surface area contributed by atoms with Crippen LogP contribution in [0.1, 0.15) is 51.9 Å². The van der Waals surface area contributed by atoms with Crippen LogP contribution in [0.3, 0.4) is 0 Å². The Labute approximate surface area is 126 Å². The van der Waals surface area contributed by atoms with E-state index in [1.807, 2.05) is 6.92 Å². The zero-order valence-corrected chi connectivity index (χ0v) is 12.8. The van der Waals surface area contributed by atoms with Crippen molar-refractivity contribution in [1.82, 2.24) is 0 Å². The quantitative estimate of drug-likeness (QED) is 0.723. The van der Waals surface area contributed by atoms with E-state index in [2.05, 4.69) is 0 Å². The van der Waals surface area contributed by atoms with Crippen LogP contribution in [0.15, 0.2) is 24.3 Å². The highest BCUT2D eigenvalue weighted by Crippen LogP contribution is 2.32. The Hall–Kier alpha value is -1.38. The Morgan fingerprint density at radius 3 is 2.38 bits per heavy atom. The summed E-state index contributed by atoms with van der Waals surface area (Å²) in [5.74, 6) is 2.20. The van der Waals surface area contributed by atoms with E-state index in [1.165, 1.54) is 37.8 Å². The van der Waals surface area contributed by atoms with E-state index >= 15 is 0 Å². The van der Waals surface area contributed by atoms with Gasteiger partial charge in [-0.1, -0.05) is 19.8 Å². The molecule has 0 spiro atoms. The Balaban J connectivity index is 1.65. The molecule has 21 heavy (non-hydrogen) atoms. The van der Waals surface area contributed by atoms with Gasteiger partial charge in [-0.2, -0.15) is 0 Å². The number of carbonyl (C=O) groups is 1. The number of carbonyl (C=O) groups excluding carboxylic acids is 1. The molecule has 0 heterocycles. The first-order valence-corrected chi connectivity index (χ1v) is 8.07. The number of benzene rings is 1. The summed E-state index contributed by atoms with van der Waals surface area (Å²) >= 11 is 0. The molecule has 116 valence electrons. The van der Waals surface area contributed by atoms with Crippen molar-refractivity contribution in [2.45, 2.75) is 51.9 Å². The standard InChI is InChI=1S/C18H25FO2/c1-2-17(20)10-7-14-3-5-15(6-4-14)13-21-18-11-8-16(19)9-12-18/h8-9,11-12,14-15H,2-7,10,13H2,1H3/t14-,15-. The molecule has 0 radical (unpaired) electrons. The van der Waals surface area contributed by atoms with Crippen molar-refractivity contribution in [2.75, 3.05) is 6.61 Å². The molecule has 1 saturated carbocycles. The highest BCUT2D eigenvalue weighted by Gasteiger charge is 2.22. The molecule has 1 fully saturated rings. The average molecular weight is 292 g/mol. The van der Waals surface area contributed by atoms with Gasteiger partial charge in [-0.3, -0.25) is 4.79 Å². The van der Waals surface area contributed by atoms with Crippen LogP contribution in [-0.2, 0) is 4.79 Å². The van der Waals surface area contributed by atoms with Crippen molar-refractivity contribution in [3.8, 4) is 5.75 Å². The molecular weight excluding hydrogens is 267 g/mol. The molecule has 0 atom stereocenters. The van der Waals surface area contributed by atoms with Crippen LogP contribution >= 0.6 is 0 Å². The summed E-state index contributed by atoms with van der Waals surface area (Å²) in [4.78, 5) is 11.4. The van der Waals surface area contributed by atoms with Crippen molar-refractivity contribution >= 4 is 5.78 Å². The van der Waals surface area contributed by atoms with Crippen LogP contribution in [0.25, 0.3) is 0 Å².